The van der Waals surface area contributed by atoms with Gasteiger partial charge in [-0.3, -0.25) is 14.9 Å². The highest BCUT2D eigenvalue weighted by Crippen LogP contribution is 2.31. The number of hydrogen-bond donors (Lipinski definition) is 1. The molecule has 7 heteroatoms. The second-order valence-electron chi connectivity index (χ2n) is 7.86. The zero-order valence-corrected chi connectivity index (χ0v) is 19.6. The standard InChI is InChI=1S/C27H23NO5S/c1-16-4-7-20(17(2)26(30)32-3)15-23(16)19-8-12-22(13-9-19)33-21-10-5-18(6-11-21)14-24-25(29)28-27(31)34-24/h4-13,15,24H,2,14H2,1,3H3,(H,28,29,31). The van der Waals surface area contributed by atoms with Crippen molar-refractivity contribution in [1.29, 1.82) is 0 Å². The minimum absolute atomic E-state index is 0.245. The summed E-state index contributed by atoms with van der Waals surface area (Å²) in [5.41, 5.74) is 5.03. The van der Waals surface area contributed by atoms with Gasteiger partial charge in [-0.05, 0) is 71.5 Å². The van der Waals surface area contributed by atoms with Crippen LogP contribution in [0.1, 0.15) is 16.7 Å². The van der Waals surface area contributed by atoms with Crippen LogP contribution in [0.15, 0.2) is 73.3 Å². The second-order valence-corrected chi connectivity index (χ2v) is 9.03. The van der Waals surface area contributed by atoms with Crippen LogP contribution in [0.5, 0.6) is 11.5 Å². The highest BCUT2D eigenvalue weighted by molar-refractivity contribution is 8.15. The Hall–Kier alpha value is -3.84. The van der Waals surface area contributed by atoms with Crippen LogP contribution in [0.3, 0.4) is 0 Å². The fourth-order valence-corrected chi connectivity index (χ4v) is 4.50. The minimum Gasteiger partial charge on any atom is -0.465 e. The SMILES string of the molecule is C=C(C(=O)OC)c1ccc(C)c(-c2ccc(Oc3ccc(CC4SC(=O)NC4=O)cc3)cc2)c1. The molecule has 1 fully saturated rings. The number of aryl methyl sites for hydroxylation is 1. The summed E-state index contributed by atoms with van der Waals surface area (Å²) in [5, 5.41) is 1.61. The molecule has 0 aliphatic carbocycles. The van der Waals surface area contributed by atoms with E-state index in [1.807, 2.05) is 73.7 Å². The monoisotopic (exact) mass is 473 g/mol. The van der Waals surface area contributed by atoms with Crippen molar-refractivity contribution >= 4 is 34.5 Å². The molecule has 1 saturated heterocycles. The first-order valence-electron chi connectivity index (χ1n) is 10.6. The Bertz CT molecular complexity index is 1270. The second kappa shape index (κ2) is 9.97. The summed E-state index contributed by atoms with van der Waals surface area (Å²) in [4.78, 5) is 34.9. The van der Waals surface area contributed by atoms with Crippen LogP contribution in [-0.4, -0.2) is 29.5 Å². The van der Waals surface area contributed by atoms with E-state index in [-0.39, 0.29) is 11.1 Å². The molecule has 1 aliphatic rings. The van der Waals surface area contributed by atoms with E-state index in [2.05, 4.69) is 11.9 Å². The van der Waals surface area contributed by atoms with Crippen LogP contribution in [0.25, 0.3) is 16.7 Å². The van der Waals surface area contributed by atoms with Gasteiger partial charge in [-0.1, -0.05) is 54.7 Å². The molecule has 1 aliphatic heterocycles. The molecule has 0 bridgehead atoms. The third-order valence-electron chi connectivity index (χ3n) is 5.53. The molecule has 1 heterocycles. The first kappa shape index (κ1) is 23.3. The summed E-state index contributed by atoms with van der Waals surface area (Å²) in [6, 6.07) is 20.9. The molecule has 3 aromatic rings. The average Bonchev–Trinajstić information content (AvgIpc) is 3.16. The van der Waals surface area contributed by atoms with Gasteiger partial charge in [0.1, 0.15) is 11.5 Å². The Balaban J connectivity index is 1.44. The third kappa shape index (κ3) is 5.21. The first-order valence-corrected chi connectivity index (χ1v) is 11.5. The van der Waals surface area contributed by atoms with Gasteiger partial charge in [0.15, 0.2) is 0 Å². The molecule has 1 atom stereocenters. The van der Waals surface area contributed by atoms with Crippen LogP contribution in [0.2, 0.25) is 0 Å². The van der Waals surface area contributed by atoms with Gasteiger partial charge in [0, 0.05) is 0 Å². The van der Waals surface area contributed by atoms with Crippen LogP contribution >= 0.6 is 11.8 Å². The summed E-state index contributed by atoms with van der Waals surface area (Å²) < 4.78 is 10.7. The van der Waals surface area contributed by atoms with E-state index in [0.717, 1.165) is 34.0 Å². The van der Waals surface area contributed by atoms with Gasteiger partial charge in [0.25, 0.3) is 5.24 Å². The molecular weight excluding hydrogens is 450 g/mol. The van der Waals surface area contributed by atoms with Crippen LogP contribution in [0, 0.1) is 6.92 Å². The minimum atomic E-state index is -0.455. The number of imide groups is 1. The number of benzene rings is 3. The number of rotatable bonds is 7. The van der Waals surface area contributed by atoms with E-state index < -0.39 is 11.2 Å². The van der Waals surface area contributed by atoms with E-state index >= 15 is 0 Å². The summed E-state index contributed by atoms with van der Waals surface area (Å²) in [7, 11) is 1.34. The van der Waals surface area contributed by atoms with Crippen LogP contribution in [-0.2, 0) is 20.7 Å². The fourth-order valence-electron chi connectivity index (χ4n) is 3.64. The predicted molar refractivity (Wildman–Crippen MR) is 133 cm³/mol. The van der Waals surface area contributed by atoms with Crippen molar-refractivity contribution in [3.05, 3.63) is 90.0 Å². The van der Waals surface area contributed by atoms with Gasteiger partial charge in [-0.2, -0.15) is 0 Å². The highest BCUT2D eigenvalue weighted by Gasteiger charge is 2.31. The molecule has 0 saturated carbocycles. The molecule has 6 nitrogen and oxygen atoms in total. The van der Waals surface area contributed by atoms with Gasteiger partial charge in [-0.15, -0.1) is 0 Å². The number of carbonyl (C=O) groups is 3. The van der Waals surface area contributed by atoms with Crippen LogP contribution < -0.4 is 10.1 Å². The summed E-state index contributed by atoms with van der Waals surface area (Å²) in [6.07, 6.45) is 0.484. The molecule has 0 radical (unpaired) electrons. The van der Waals surface area contributed by atoms with E-state index in [9.17, 15) is 14.4 Å². The van der Waals surface area contributed by atoms with Crippen molar-refractivity contribution < 1.29 is 23.9 Å². The quantitative estimate of drug-likeness (QED) is 0.359. The Morgan fingerprint density at radius 1 is 1.00 bits per heavy atom. The lowest BCUT2D eigenvalue weighted by atomic mass is 9.95. The lowest BCUT2D eigenvalue weighted by Crippen LogP contribution is -2.25. The zero-order valence-electron chi connectivity index (χ0n) is 18.8. The van der Waals surface area contributed by atoms with Crippen molar-refractivity contribution in [3.63, 3.8) is 0 Å². The molecule has 0 aromatic heterocycles. The van der Waals surface area contributed by atoms with Crippen molar-refractivity contribution in [2.24, 2.45) is 0 Å². The Morgan fingerprint density at radius 2 is 1.65 bits per heavy atom. The normalized spacial score (nSPS) is 15.1. The molecule has 4 rings (SSSR count). The Kier molecular flexibility index (Phi) is 6.84. The predicted octanol–water partition coefficient (Wildman–Crippen LogP) is 5.53. The maximum Gasteiger partial charge on any atom is 0.337 e. The number of ether oxygens (including phenoxy) is 2. The van der Waals surface area contributed by atoms with Gasteiger partial charge in [-0.25, -0.2) is 4.79 Å². The number of esters is 1. The van der Waals surface area contributed by atoms with Gasteiger partial charge in [0.2, 0.25) is 5.91 Å². The van der Waals surface area contributed by atoms with E-state index in [1.165, 1.54) is 7.11 Å². The van der Waals surface area contributed by atoms with E-state index in [4.69, 9.17) is 9.47 Å². The fraction of sp³-hybridized carbons (Fsp3) is 0.148. The summed E-state index contributed by atoms with van der Waals surface area (Å²) in [5.74, 6) is 0.651. The largest absolute Gasteiger partial charge is 0.465 e. The van der Waals surface area contributed by atoms with Crippen molar-refractivity contribution in [2.45, 2.75) is 18.6 Å². The molecule has 1 N–H and O–H groups in total. The number of thioether (sulfide) groups is 1. The third-order valence-corrected chi connectivity index (χ3v) is 6.51. The molecule has 2 amide bonds. The first-order chi connectivity index (χ1) is 16.3. The van der Waals surface area contributed by atoms with Gasteiger partial charge in [0.05, 0.1) is 17.9 Å². The van der Waals surface area contributed by atoms with Crippen LogP contribution in [0.4, 0.5) is 4.79 Å². The lowest BCUT2D eigenvalue weighted by molar-refractivity contribution is -0.133. The Morgan fingerprint density at radius 3 is 2.24 bits per heavy atom. The highest BCUT2D eigenvalue weighted by atomic mass is 32.2. The molecule has 3 aromatic carbocycles. The molecule has 0 spiro atoms. The topological polar surface area (TPSA) is 81.7 Å². The van der Waals surface area contributed by atoms with Gasteiger partial charge >= 0.3 is 5.97 Å². The maximum absolute atomic E-state index is 11.8. The van der Waals surface area contributed by atoms with E-state index in [0.29, 0.717) is 29.1 Å². The van der Waals surface area contributed by atoms with Crippen molar-refractivity contribution in [2.75, 3.05) is 7.11 Å². The van der Waals surface area contributed by atoms with Gasteiger partial charge < -0.3 is 9.47 Å². The smallest absolute Gasteiger partial charge is 0.337 e. The Labute approximate surface area is 202 Å². The molecule has 1 unspecified atom stereocenters. The molecular formula is C27H23NO5S. The van der Waals surface area contributed by atoms with E-state index in [1.54, 1.807) is 0 Å². The number of carbonyl (C=O) groups excluding carboxylic acids is 3. The average molecular weight is 474 g/mol. The number of methoxy groups -OCH3 is 1. The molecule has 172 valence electrons. The molecule has 34 heavy (non-hydrogen) atoms. The van der Waals surface area contributed by atoms with Crippen molar-refractivity contribution in [3.8, 4) is 22.6 Å². The lowest BCUT2D eigenvalue weighted by Gasteiger charge is -2.12. The number of nitrogens with one attached hydrogen (secondary N) is 1. The number of hydrogen-bond acceptors (Lipinski definition) is 6. The summed E-state index contributed by atoms with van der Waals surface area (Å²) >= 11 is 1.02. The summed E-state index contributed by atoms with van der Waals surface area (Å²) in [6.45, 7) is 5.84. The van der Waals surface area contributed by atoms with Crippen molar-refractivity contribution in [1.82, 2.24) is 5.32 Å². The zero-order chi connectivity index (χ0) is 24.2. The number of amides is 2. The maximum atomic E-state index is 11.8.